The third-order valence-electron chi connectivity index (χ3n) is 3.92. The van der Waals surface area contributed by atoms with Crippen molar-refractivity contribution >= 4 is 17.5 Å². The Balaban J connectivity index is 2.11. The van der Waals surface area contributed by atoms with E-state index < -0.39 is 11.6 Å². The van der Waals surface area contributed by atoms with Gasteiger partial charge < -0.3 is 10.1 Å². The topological polar surface area (TPSA) is 75.7 Å². The number of ether oxygens (including phenoxy) is 1. The fraction of sp³-hybridized carbons (Fsp3) is 0.400. The first-order valence-corrected chi connectivity index (χ1v) is 6.87. The number of carbonyl (C=O) groups is 3. The minimum absolute atomic E-state index is 0.361. The number of amides is 1. The van der Waals surface area contributed by atoms with Gasteiger partial charge in [0.15, 0.2) is 0 Å². The molecule has 1 heterocycles. The van der Waals surface area contributed by atoms with Crippen molar-refractivity contribution in [1.82, 2.24) is 10.2 Å². The standard InChI is InChI=1S/C15H16N2O4/c1-10(18)16-15(17-6-8-21-9-7-17)13(19)11-4-2-3-5-12(11)14(15)20/h2-5H,6-9H2,1H3,(H,16,18). The first-order chi connectivity index (χ1) is 10.1. The number of nitrogens with zero attached hydrogens (tertiary/aromatic N) is 1. The molecule has 21 heavy (non-hydrogen) atoms. The largest absolute Gasteiger partial charge is 0.379 e. The molecule has 0 bridgehead atoms. The van der Waals surface area contributed by atoms with Crippen LogP contribution >= 0.6 is 0 Å². The molecule has 6 heteroatoms. The lowest BCUT2D eigenvalue weighted by molar-refractivity contribution is -0.122. The average Bonchev–Trinajstić information content (AvgIpc) is 2.71. The average molecular weight is 288 g/mol. The van der Waals surface area contributed by atoms with E-state index in [0.29, 0.717) is 37.4 Å². The van der Waals surface area contributed by atoms with E-state index in [1.807, 2.05) is 0 Å². The summed E-state index contributed by atoms with van der Waals surface area (Å²) in [6.07, 6.45) is 0. The molecule has 0 unspecified atom stereocenters. The molecule has 0 saturated carbocycles. The van der Waals surface area contributed by atoms with Crippen LogP contribution < -0.4 is 5.32 Å². The summed E-state index contributed by atoms with van der Waals surface area (Å²) in [7, 11) is 0. The molecular formula is C15H16N2O4. The molecular weight excluding hydrogens is 272 g/mol. The molecule has 1 fully saturated rings. The molecule has 3 rings (SSSR count). The van der Waals surface area contributed by atoms with Crippen LogP contribution in [0.15, 0.2) is 24.3 Å². The molecule has 1 aromatic rings. The zero-order chi connectivity index (χ0) is 15.0. The Morgan fingerprint density at radius 2 is 1.67 bits per heavy atom. The normalized spacial score (nSPS) is 21.2. The Bertz CT molecular complexity index is 585. The second kappa shape index (κ2) is 5.05. The summed E-state index contributed by atoms with van der Waals surface area (Å²) in [5, 5.41) is 2.60. The highest BCUT2D eigenvalue weighted by Crippen LogP contribution is 2.33. The van der Waals surface area contributed by atoms with Gasteiger partial charge in [0.2, 0.25) is 23.1 Å². The smallest absolute Gasteiger partial charge is 0.223 e. The van der Waals surface area contributed by atoms with E-state index in [0.717, 1.165) is 0 Å². The number of fused-ring (bicyclic) bond motifs is 1. The highest BCUT2D eigenvalue weighted by atomic mass is 16.5. The van der Waals surface area contributed by atoms with Crippen molar-refractivity contribution < 1.29 is 19.1 Å². The van der Waals surface area contributed by atoms with Crippen LogP contribution in [-0.2, 0) is 9.53 Å². The Labute approximate surface area is 122 Å². The number of Topliss-reactive ketones (excluding diaryl/α,β-unsaturated/α-hetero) is 2. The first kappa shape index (κ1) is 13.9. The molecule has 1 aliphatic heterocycles. The van der Waals surface area contributed by atoms with Crippen LogP contribution in [0.5, 0.6) is 0 Å². The van der Waals surface area contributed by atoms with Gasteiger partial charge in [-0.3, -0.25) is 19.3 Å². The number of morpholine rings is 1. The molecule has 0 atom stereocenters. The Morgan fingerprint density at radius 1 is 1.14 bits per heavy atom. The quantitative estimate of drug-likeness (QED) is 0.788. The summed E-state index contributed by atoms with van der Waals surface area (Å²) < 4.78 is 5.28. The van der Waals surface area contributed by atoms with Crippen molar-refractivity contribution in [1.29, 1.82) is 0 Å². The predicted molar refractivity (Wildman–Crippen MR) is 74.0 cm³/mol. The van der Waals surface area contributed by atoms with Crippen LogP contribution in [0.4, 0.5) is 0 Å². The maximum atomic E-state index is 12.8. The number of ketones is 2. The summed E-state index contributed by atoms with van der Waals surface area (Å²) in [6.45, 7) is 3.01. The fourth-order valence-corrected chi connectivity index (χ4v) is 3.01. The Hall–Kier alpha value is -2.05. The van der Waals surface area contributed by atoms with Gasteiger partial charge in [0.05, 0.1) is 13.2 Å². The van der Waals surface area contributed by atoms with Crippen LogP contribution in [0.25, 0.3) is 0 Å². The Morgan fingerprint density at radius 3 is 2.14 bits per heavy atom. The minimum atomic E-state index is -1.61. The molecule has 2 aliphatic rings. The zero-order valence-corrected chi connectivity index (χ0v) is 11.7. The van der Waals surface area contributed by atoms with Gasteiger partial charge in [-0.1, -0.05) is 24.3 Å². The van der Waals surface area contributed by atoms with Crippen molar-refractivity contribution in [3.63, 3.8) is 0 Å². The van der Waals surface area contributed by atoms with E-state index in [-0.39, 0.29) is 11.6 Å². The number of hydrogen-bond acceptors (Lipinski definition) is 5. The van der Waals surface area contributed by atoms with Gasteiger partial charge in [-0.05, 0) is 0 Å². The lowest BCUT2D eigenvalue weighted by Crippen LogP contribution is -2.69. The SMILES string of the molecule is CC(=O)NC1(N2CCOCC2)C(=O)c2ccccc2C1=O. The van der Waals surface area contributed by atoms with Gasteiger partial charge in [0.1, 0.15) is 0 Å². The van der Waals surface area contributed by atoms with E-state index in [9.17, 15) is 14.4 Å². The number of nitrogens with one attached hydrogen (secondary N) is 1. The maximum absolute atomic E-state index is 12.8. The summed E-state index contributed by atoms with van der Waals surface area (Å²) in [4.78, 5) is 39.0. The van der Waals surface area contributed by atoms with E-state index in [2.05, 4.69) is 5.32 Å². The maximum Gasteiger partial charge on any atom is 0.223 e. The lowest BCUT2D eigenvalue weighted by Gasteiger charge is -2.40. The van der Waals surface area contributed by atoms with Gasteiger partial charge in [-0.2, -0.15) is 0 Å². The fourth-order valence-electron chi connectivity index (χ4n) is 3.01. The van der Waals surface area contributed by atoms with Crippen molar-refractivity contribution in [2.75, 3.05) is 26.3 Å². The molecule has 0 radical (unpaired) electrons. The van der Waals surface area contributed by atoms with Gasteiger partial charge in [0, 0.05) is 31.1 Å². The van der Waals surface area contributed by atoms with Gasteiger partial charge in [0.25, 0.3) is 0 Å². The van der Waals surface area contributed by atoms with E-state index in [1.54, 1.807) is 29.2 Å². The molecule has 0 aromatic heterocycles. The molecule has 1 N–H and O–H groups in total. The number of hydrogen-bond donors (Lipinski definition) is 1. The van der Waals surface area contributed by atoms with E-state index in [4.69, 9.17) is 4.74 Å². The summed E-state index contributed by atoms with van der Waals surface area (Å²) in [5.74, 6) is -1.13. The molecule has 1 saturated heterocycles. The highest BCUT2D eigenvalue weighted by Gasteiger charge is 2.57. The van der Waals surface area contributed by atoms with Crippen molar-refractivity contribution in [3.05, 3.63) is 35.4 Å². The Kier molecular flexibility index (Phi) is 3.35. The highest BCUT2D eigenvalue weighted by molar-refractivity contribution is 6.33. The van der Waals surface area contributed by atoms with Crippen LogP contribution in [-0.4, -0.2) is 54.3 Å². The van der Waals surface area contributed by atoms with Crippen LogP contribution in [0, 0.1) is 0 Å². The zero-order valence-electron chi connectivity index (χ0n) is 11.7. The molecule has 1 amide bonds. The van der Waals surface area contributed by atoms with Crippen molar-refractivity contribution in [2.45, 2.75) is 12.6 Å². The van der Waals surface area contributed by atoms with Crippen LogP contribution in [0.2, 0.25) is 0 Å². The third kappa shape index (κ3) is 1.99. The third-order valence-corrected chi connectivity index (χ3v) is 3.92. The van der Waals surface area contributed by atoms with Gasteiger partial charge in [-0.25, -0.2) is 0 Å². The second-order valence-corrected chi connectivity index (χ2v) is 5.19. The second-order valence-electron chi connectivity index (χ2n) is 5.19. The van der Waals surface area contributed by atoms with Gasteiger partial charge >= 0.3 is 0 Å². The van der Waals surface area contributed by atoms with Crippen LogP contribution in [0.3, 0.4) is 0 Å². The van der Waals surface area contributed by atoms with Crippen molar-refractivity contribution in [2.24, 2.45) is 0 Å². The summed E-state index contributed by atoms with van der Waals surface area (Å²) >= 11 is 0. The van der Waals surface area contributed by atoms with E-state index >= 15 is 0 Å². The number of rotatable bonds is 2. The molecule has 0 spiro atoms. The van der Waals surface area contributed by atoms with E-state index in [1.165, 1.54) is 6.92 Å². The van der Waals surface area contributed by atoms with Crippen molar-refractivity contribution in [3.8, 4) is 0 Å². The van der Waals surface area contributed by atoms with Gasteiger partial charge in [-0.15, -0.1) is 0 Å². The lowest BCUT2D eigenvalue weighted by atomic mass is 10.0. The molecule has 110 valence electrons. The summed E-state index contributed by atoms with van der Waals surface area (Å²) in [6, 6.07) is 6.68. The minimum Gasteiger partial charge on any atom is -0.379 e. The first-order valence-electron chi connectivity index (χ1n) is 6.87. The van der Waals surface area contributed by atoms with Crippen LogP contribution in [0.1, 0.15) is 27.6 Å². The summed E-state index contributed by atoms with van der Waals surface area (Å²) in [5.41, 5.74) is -0.885. The molecule has 1 aliphatic carbocycles. The predicted octanol–water partition coefficient (Wildman–Crippen LogP) is 0.230. The molecule has 1 aromatic carbocycles. The molecule has 6 nitrogen and oxygen atoms in total. The number of carbonyl (C=O) groups excluding carboxylic acids is 3. The number of benzene rings is 1. The monoisotopic (exact) mass is 288 g/mol.